The van der Waals surface area contributed by atoms with Crippen molar-refractivity contribution in [2.24, 2.45) is 0 Å². The first-order valence-corrected chi connectivity index (χ1v) is 11.0. The summed E-state index contributed by atoms with van der Waals surface area (Å²) >= 11 is 1.59. The van der Waals surface area contributed by atoms with Crippen LogP contribution in [0.25, 0.3) is 0 Å². The van der Waals surface area contributed by atoms with Crippen molar-refractivity contribution in [2.45, 2.75) is 50.6 Å². The number of amides is 2. The van der Waals surface area contributed by atoms with E-state index >= 15 is 0 Å². The van der Waals surface area contributed by atoms with Crippen LogP contribution in [0, 0.1) is 5.82 Å². The van der Waals surface area contributed by atoms with Crippen LogP contribution in [-0.4, -0.2) is 35.1 Å². The Balaban J connectivity index is 2.04. The van der Waals surface area contributed by atoms with E-state index < -0.39 is 6.04 Å². The first-order valence-electron chi connectivity index (χ1n) is 10.0. The number of rotatable bonds is 11. The van der Waals surface area contributed by atoms with Crippen molar-refractivity contribution < 1.29 is 14.0 Å². The fourth-order valence-corrected chi connectivity index (χ4v) is 3.71. The van der Waals surface area contributed by atoms with Gasteiger partial charge in [0.2, 0.25) is 11.8 Å². The number of nitrogens with one attached hydrogen (secondary N) is 1. The molecular weight excluding hydrogens is 387 g/mol. The average Bonchev–Trinajstić information content (AvgIpc) is 2.73. The lowest BCUT2D eigenvalue weighted by atomic mass is 10.1. The highest BCUT2D eigenvalue weighted by atomic mass is 32.2. The molecule has 2 aromatic rings. The average molecular weight is 417 g/mol. The number of carbonyl (C=O) groups is 2. The Hall–Kier alpha value is -2.34. The normalized spacial score (nSPS) is 11.7. The van der Waals surface area contributed by atoms with Gasteiger partial charge in [0, 0.05) is 35.7 Å². The molecule has 0 saturated heterocycles. The Morgan fingerprint density at radius 2 is 1.79 bits per heavy atom. The fourth-order valence-electron chi connectivity index (χ4n) is 2.85. The maximum atomic E-state index is 14.2. The number of carbonyl (C=O) groups excluding carboxylic acids is 2. The number of benzene rings is 2. The molecule has 2 rings (SSSR count). The molecule has 2 aromatic carbocycles. The van der Waals surface area contributed by atoms with Crippen LogP contribution in [0.15, 0.2) is 59.5 Å². The molecule has 0 fully saturated rings. The van der Waals surface area contributed by atoms with Crippen molar-refractivity contribution in [2.75, 3.05) is 12.3 Å². The lowest BCUT2D eigenvalue weighted by Crippen LogP contribution is -2.48. The molecule has 156 valence electrons. The van der Waals surface area contributed by atoms with Gasteiger partial charge < -0.3 is 10.2 Å². The van der Waals surface area contributed by atoms with Crippen LogP contribution in [0.1, 0.15) is 38.7 Å². The minimum absolute atomic E-state index is 0.0733. The van der Waals surface area contributed by atoms with Crippen LogP contribution in [0.4, 0.5) is 4.39 Å². The number of unbranched alkanes of at least 4 members (excludes halogenated alkanes) is 1. The molecule has 0 radical (unpaired) electrons. The first kappa shape index (κ1) is 22.9. The van der Waals surface area contributed by atoms with Crippen molar-refractivity contribution in [1.82, 2.24) is 10.2 Å². The number of thioether (sulfide) groups is 1. The number of hydrogen-bond acceptors (Lipinski definition) is 3. The molecule has 4 nitrogen and oxygen atoms in total. The van der Waals surface area contributed by atoms with Crippen molar-refractivity contribution in [3.05, 3.63) is 66.0 Å². The minimum Gasteiger partial charge on any atom is -0.354 e. The maximum absolute atomic E-state index is 14.2. The third-order valence-corrected chi connectivity index (χ3v) is 5.64. The molecule has 0 aliphatic carbocycles. The topological polar surface area (TPSA) is 49.4 Å². The van der Waals surface area contributed by atoms with Gasteiger partial charge in [0.15, 0.2) is 0 Å². The molecule has 0 aliphatic heterocycles. The molecule has 29 heavy (non-hydrogen) atoms. The maximum Gasteiger partial charge on any atom is 0.242 e. The van der Waals surface area contributed by atoms with Crippen molar-refractivity contribution in [1.29, 1.82) is 0 Å². The summed E-state index contributed by atoms with van der Waals surface area (Å²) in [5.41, 5.74) is 0.407. The van der Waals surface area contributed by atoms with Crippen LogP contribution < -0.4 is 5.32 Å². The predicted octanol–water partition coefficient (Wildman–Crippen LogP) is 4.64. The van der Waals surface area contributed by atoms with Gasteiger partial charge in [-0.05, 0) is 31.5 Å². The van der Waals surface area contributed by atoms with Crippen LogP contribution in [0.3, 0.4) is 0 Å². The van der Waals surface area contributed by atoms with E-state index in [1.54, 1.807) is 36.9 Å². The van der Waals surface area contributed by atoms with Gasteiger partial charge in [0.25, 0.3) is 0 Å². The summed E-state index contributed by atoms with van der Waals surface area (Å²) in [7, 11) is 0. The lowest BCUT2D eigenvalue weighted by molar-refractivity contribution is -0.140. The van der Waals surface area contributed by atoms with Crippen LogP contribution >= 0.6 is 11.8 Å². The van der Waals surface area contributed by atoms with E-state index in [-0.39, 0.29) is 30.6 Å². The molecule has 0 heterocycles. The molecule has 0 aromatic heterocycles. The number of hydrogen-bond donors (Lipinski definition) is 1. The summed E-state index contributed by atoms with van der Waals surface area (Å²) in [6.07, 6.45) is 2.14. The second-order valence-electron chi connectivity index (χ2n) is 6.85. The van der Waals surface area contributed by atoms with Crippen molar-refractivity contribution >= 4 is 23.6 Å². The summed E-state index contributed by atoms with van der Waals surface area (Å²) in [5, 5.41) is 2.87. The smallest absolute Gasteiger partial charge is 0.242 e. The Morgan fingerprint density at radius 3 is 2.48 bits per heavy atom. The third kappa shape index (κ3) is 7.54. The fraction of sp³-hybridized carbons (Fsp3) is 0.391. The second kappa shape index (κ2) is 12.3. The van der Waals surface area contributed by atoms with E-state index in [1.165, 1.54) is 11.0 Å². The van der Waals surface area contributed by atoms with Crippen LogP contribution in [0.5, 0.6) is 0 Å². The molecule has 0 aliphatic rings. The Kier molecular flexibility index (Phi) is 9.71. The summed E-state index contributed by atoms with van der Waals surface area (Å²) in [6, 6.07) is 15.6. The van der Waals surface area contributed by atoms with E-state index in [2.05, 4.69) is 5.32 Å². The number of nitrogens with zero attached hydrogens (tertiary/aromatic N) is 1. The summed E-state index contributed by atoms with van der Waals surface area (Å²) in [6.45, 7) is 4.40. The van der Waals surface area contributed by atoms with Gasteiger partial charge in [-0.1, -0.05) is 49.7 Å². The van der Waals surface area contributed by atoms with Gasteiger partial charge in [-0.25, -0.2) is 4.39 Å². The SMILES string of the molecule is CCCCNC(=O)[C@H](C)N(Cc1ccccc1F)C(=O)CCSc1ccccc1. The molecule has 0 saturated carbocycles. The predicted molar refractivity (Wildman–Crippen MR) is 116 cm³/mol. The molecule has 1 N–H and O–H groups in total. The van der Waals surface area contributed by atoms with E-state index in [9.17, 15) is 14.0 Å². The molecular formula is C23H29FN2O2S. The van der Waals surface area contributed by atoms with E-state index in [0.29, 0.717) is 17.9 Å². The molecule has 0 bridgehead atoms. The van der Waals surface area contributed by atoms with Gasteiger partial charge in [-0.2, -0.15) is 0 Å². The quantitative estimate of drug-likeness (QED) is 0.429. The van der Waals surface area contributed by atoms with Crippen LogP contribution in [-0.2, 0) is 16.1 Å². The molecule has 0 unspecified atom stereocenters. The zero-order chi connectivity index (χ0) is 21.1. The molecule has 6 heteroatoms. The summed E-state index contributed by atoms with van der Waals surface area (Å²) in [4.78, 5) is 28.0. The van der Waals surface area contributed by atoms with E-state index in [1.807, 2.05) is 37.3 Å². The van der Waals surface area contributed by atoms with Crippen molar-refractivity contribution in [3.63, 3.8) is 0 Å². The molecule has 2 amide bonds. The molecule has 1 atom stereocenters. The highest BCUT2D eigenvalue weighted by molar-refractivity contribution is 7.99. The first-order chi connectivity index (χ1) is 14.0. The second-order valence-corrected chi connectivity index (χ2v) is 8.01. The third-order valence-electron chi connectivity index (χ3n) is 4.62. The highest BCUT2D eigenvalue weighted by Crippen LogP contribution is 2.20. The number of halogens is 1. The van der Waals surface area contributed by atoms with Gasteiger partial charge >= 0.3 is 0 Å². The standard InChI is InChI=1S/C23H29FN2O2S/c1-3-4-15-25-23(28)18(2)26(17-19-10-8-9-13-21(19)24)22(27)14-16-29-20-11-6-5-7-12-20/h5-13,18H,3-4,14-17H2,1-2H3,(H,25,28)/t18-/m0/s1. The Bertz CT molecular complexity index is 785. The summed E-state index contributed by atoms with van der Waals surface area (Å²) < 4.78 is 14.2. The largest absolute Gasteiger partial charge is 0.354 e. The van der Waals surface area contributed by atoms with E-state index in [4.69, 9.17) is 0 Å². The van der Waals surface area contributed by atoms with Crippen LogP contribution in [0.2, 0.25) is 0 Å². The highest BCUT2D eigenvalue weighted by Gasteiger charge is 2.26. The van der Waals surface area contributed by atoms with E-state index in [0.717, 1.165) is 17.7 Å². The lowest BCUT2D eigenvalue weighted by Gasteiger charge is -2.29. The zero-order valence-corrected chi connectivity index (χ0v) is 17.9. The van der Waals surface area contributed by atoms with Gasteiger partial charge in [0.05, 0.1) is 0 Å². The molecule has 0 spiro atoms. The van der Waals surface area contributed by atoms with Gasteiger partial charge in [-0.15, -0.1) is 11.8 Å². The monoisotopic (exact) mass is 416 g/mol. The Morgan fingerprint density at radius 1 is 1.10 bits per heavy atom. The van der Waals surface area contributed by atoms with Crippen molar-refractivity contribution in [3.8, 4) is 0 Å². The van der Waals surface area contributed by atoms with Gasteiger partial charge in [-0.3, -0.25) is 9.59 Å². The zero-order valence-electron chi connectivity index (χ0n) is 17.1. The summed E-state index contributed by atoms with van der Waals surface area (Å²) in [5.74, 6) is -0.142. The van der Waals surface area contributed by atoms with Gasteiger partial charge in [0.1, 0.15) is 11.9 Å². The Labute approximate surface area is 176 Å². The minimum atomic E-state index is -0.666.